The van der Waals surface area contributed by atoms with Crippen molar-refractivity contribution in [1.29, 1.82) is 0 Å². The maximum absolute atomic E-state index is 5.83. The number of halogens is 1. The Morgan fingerprint density at radius 2 is 2.24 bits per heavy atom. The molecule has 0 radical (unpaired) electrons. The van der Waals surface area contributed by atoms with E-state index in [1.807, 2.05) is 0 Å². The van der Waals surface area contributed by atoms with Crippen molar-refractivity contribution in [3.63, 3.8) is 0 Å². The van der Waals surface area contributed by atoms with Crippen molar-refractivity contribution in [1.82, 2.24) is 4.98 Å². The minimum atomic E-state index is -0.0385. The molecule has 0 amide bonds. The minimum absolute atomic E-state index is 0.0385. The zero-order valence-electron chi connectivity index (χ0n) is 8.98. The molecule has 1 fully saturated rings. The third-order valence-electron chi connectivity index (χ3n) is 2.97. The predicted octanol–water partition coefficient (Wildman–Crippen LogP) is 2.86. The molecule has 2 N–H and O–H groups in total. The molecule has 0 bridgehead atoms. The summed E-state index contributed by atoms with van der Waals surface area (Å²) in [5.74, 6) is 0. The SMILES string of the molecule is NCC1(c2csc(-c3cc(Br)cs3)n2)COC1. The quantitative estimate of drug-likeness (QED) is 0.941. The summed E-state index contributed by atoms with van der Waals surface area (Å²) >= 11 is 6.83. The van der Waals surface area contributed by atoms with Gasteiger partial charge < -0.3 is 10.5 Å². The molecule has 0 saturated carbocycles. The third kappa shape index (κ3) is 1.98. The van der Waals surface area contributed by atoms with Crippen LogP contribution in [0.1, 0.15) is 5.69 Å². The molecule has 0 spiro atoms. The van der Waals surface area contributed by atoms with Gasteiger partial charge in [-0.2, -0.15) is 0 Å². The summed E-state index contributed by atoms with van der Waals surface area (Å²) in [6.45, 7) is 1.99. The molecule has 1 aliphatic rings. The Hall–Kier alpha value is -0.270. The molecular weight excluding hydrogens is 320 g/mol. The number of nitrogens with zero attached hydrogens (tertiary/aromatic N) is 1. The normalized spacial score (nSPS) is 18.0. The lowest BCUT2D eigenvalue weighted by Crippen LogP contribution is -2.52. The van der Waals surface area contributed by atoms with Crippen LogP contribution >= 0.6 is 38.6 Å². The fraction of sp³-hybridized carbons (Fsp3) is 0.364. The summed E-state index contributed by atoms with van der Waals surface area (Å²) in [5.41, 5.74) is 6.87. The molecule has 1 aliphatic heterocycles. The van der Waals surface area contributed by atoms with Crippen LogP contribution in [0.5, 0.6) is 0 Å². The lowest BCUT2D eigenvalue weighted by Gasteiger charge is -2.39. The van der Waals surface area contributed by atoms with Crippen LogP contribution < -0.4 is 5.73 Å². The standard InChI is InChI=1S/C11H11BrN2OS2/c12-7-1-8(16-2-7)10-14-9(3-17-10)11(4-13)5-15-6-11/h1-3H,4-6,13H2. The monoisotopic (exact) mass is 330 g/mol. The van der Waals surface area contributed by atoms with Gasteiger partial charge in [0.1, 0.15) is 5.01 Å². The van der Waals surface area contributed by atoms with E-state index in [4.69, 9.17) is 15.5 Å². The van der Waals surface area contributed by atoms with Crippen molar-refractivity contribution in [2.45, 2.75) is 5.41 Å². The van der Waals surface area contributed by atoms with Gasteiger partial charge in [-0.25, -0.2) is 4.98 Å². The molecule has 6 heteroatoms. The first kappa shape index (κ1) is 11.8. The molecule has 3 nitrogen and oxygen atoms in total. The molecule has 90 valence electrons. The summed E-state index contributed by atoms with van der Waals surface area (Å²) < 4.78 is 6.39. The van der Waals surface area contributed by atoms with Gasteiger partial charge >= 0.3 is 0 Å². The minimum Gasteiger partial charge on any atom is -0.379 e. The fourth-order valence-corrected chi connectivity index (χ4v) is 4.23. The van der Waals surface area contributed by atoms with Gasteiger partial charge in [-0.15, -0.1) is 22.7 Å². The van der Waals surface area contributed by atoms with Crippen LogP contribution in [0.3, 0.4) is 0 Å². The molecular formula is C11H11BrN2OS2. The largest absolute Gasteiger partial charge is 0.379 e. The summed E-state index contributed by atoms with van der Waals surface area (Å²) in [4.78, 5) is 5.90. The number of ether oxygens (including phenoxy) is 1. The van der Waals surface area contributed by atoms with E-state index in [0.717, 1.165) is 15.2 Å². The van der Waals surface area contributed by atoms with Crippen molar-refractivity contribution in [3.8, 4) is 9.88 Å². The van der Waals surface area contributed by atoms with Crippen LogP contribution in [0.15, 0.2) is 21.3 Å². The Morgan fingerprint density at radius 3 is 2.76 bits per heavy atom. The highest BCUT2D eigenvalue weighted by Crippen LogP contribution is 2.37. The van der Waals surface area contributed by atoms with Crippen molar-refractivity contribution >= 4 is 38.6 Å². The van der Waals surface area contributed by atoms with Gasteiger partial charge in [-0.1, -0.05) is 0 Å². The van der Waals surface area contributed by atoms with E-state index in [2.05, 4.69) is 32.8 Å². The molecule has 0 atom stereocenters. The Kier molecular flexibility index (Phi) is 3.08. The Bertz CT molecular complexity index is 528. The highest BCUT2D eigenvalue weighted by Gasteiger charge is 2.41. The smallest absolute Gasteiger partial charge is 0.133 e. The summed E-state index contributed by atoms with van der Waals surface area (Å²) in [6, 6.07) is 2.10. The van der Waals surface area contributed by atoms with Crippen molar-refractivity contribution in [2.75, 3.05) is 19.8 Å². The van der Waals surface area contributed by atoms with Gasteiger partial charge in [0.15, 0.2) is 0 Å². The van der Waals surface area contributed by atoms with Gasteiger partial charge in [-0.05, 0) is 22.0 Å². The molecule has 0 unspecified atom stereocenters. The van der Waals surface area contributed by atoms with Crippen LogP contribution in [-0.4, -0.2) is 24.7 Å². The number of thiazole rings is 1. The fourth-order valence-electron chi connectivity index (χ4n) is 1.77. The number of aromatic nitrogens is 1. The Balaban J connectivity index is 1.92. The second kappa shape index (κ2) is 4.44. The average Bonchev–Trinajstić information content (AvgIpc) is 2.86. The molecule has 0 aliphatic carbocycles. The number of nitrogens with two attached hydrogens (primary N) is 1. The van der Waals surface area contributed by atoms with E-state index in [0.29, 0.717) is 19.8 Å². The van der Waals surface area contributed by atoms with Crippen molar-refractivity contribution in [2.24, 2.45) is 5.73 Å². The molecule has 3 heterocycles. The first-order valence-corrected chi connectivity index (χ1v) is 7.77. The Labute approximate surface area is 116 Å². The first-order valence-electron chi connectivity index (χ1n) is 5.22. The number of thiophene rings is 1. The molecule has 0 aromatic carbocycles. The number of hydrogen-bond donors (Lipinski definition) is 1. The van der Waals surface area contributed by atoms with Gasteiger partial charge in [0.25, 0.3) is 0 Å². The van der Waals surface area contributed by atoms with E-state index in [9.17, 15) is 0 Å². The molecule has 2 aromatic heterocycles. The van der Waals surface area contributed by atoms with Gasteiger partial charge in [0.05, 0.1) is 29.2 Å². The average molecular weight is 331 g/mol. The lowest BCUT2D eigenvalue weighted by atomic mass is 9.83. The highest BCUT2D eigenvalue weighted by molar-refractivity contribution is 9.10. The van der Waals surface area contributed by atoms with Crippen LogP contribution in [0, 0.1) is 0 Å². The van der Waals surface area contributed by atoms with Crippen molar-refractivity contribution < 1.29 is 4.74 Å². The number of rotatable bonds is 3. The van der Waals surface area contributed by atoms with Crippen LogP contribution in [0.2, 0.25) is 0 Å². The molecule has 1 saturated heterocycles. The molecule has 2 aromatic rings. The summed E-state index contributed by atoms with van der Waals surface area (Å²) in [6.07, 6.45) is 0. The van der Waals surface area contributed by atoms with E-state index >= 15 is 0 Å². The van der Waals surface area contributed by atoms with E-state index < -0.39 is 0 Å². The lowest BCUT2D eigenvalue weighted by molar-refractivity contribution is -0.0568. The van der Waals surface area contributed by atoms with E-state index in [-0.39, 0.29) is 5.41 Å². The van der Waals surface area contributed by atoms with E-state index in [1.165, 1.54) is 4.88 Å². The van der Waals surface area contributed by atoms with E-state index in [1.54, 1.807) is 22.7 Å². The second-order valence-electron chi connectivity index (χ2n) is 4.14. The summed E-state index contributed by atoms with van der Waals surface area (Å²) in [5, 5.41) is 5.25. The van der Waals surface area contributed by atoms with Gasteiger partial charge in [0.2, 0.25) is 0 Å². The topological polar surface area (TPSA) is 48.1 Å². The van der Waals surface area contributed by atoms with Gasteiger partial charge in [-0.3, -0.25) is 0 Å². The molecule has 17 heavy (non-hydrogen) atoms. The third-order valence-corrected chi connectivity index (χ3v) is 5.68. The van der Waals surface area contributed by atoms with Crippen molar-refractivity contribution in [3.05, 3.63) is 27.0 Å². The van der Waals surface area contributed by atoms with Gasteiger partial charge in [0, 0.05) is 21.8 Å². The zero-order valence-corrected chi connectivity index (χ0v) is 12.2. The summed E-state index contributed by atoms with van der Waals surface area (Å²) in [7, 11) is 0. The first-order chi connectivity index (χ1) is 8.23. The Morgan fingerprint density at radius 1 is 1.41 bits per heavy atom. The van der Waals surface area contributed by atoms with Crippen LogP contribution in [0.25, 0.3) is 9.88 Å². The molecule has 3 rings (SSSR count). The maximum atomic E-state index is 5.83. The predicted molar refractivity (Wildman–Crippen MR) is 74.7 cm³/mol. The zero-order chi connectivity index (χ0) is 11.9. The number of hydrogen-bond acceptors (Lipinski definition) is 5. The maximum Gasteiger partial charge on any atom is 0.133 e. The second-order valence-corrected chi connectivity index (χ2v) is 6.83. The van der Waals surface area contributed by atoms with Crippen LogP contribution in [-0.2, 0) is 10.2 Å². The van der Waals surface area contributed by atoms with Crippen LogP contribution in [0.4, 0.5) is 0 Å². The highest BCUT2D eigenvalue weighted by atomic mass is 79.9.